The van der Waals surface area contributed by atoms with Crippen LogP contribution < -0.4 is 5.73 Å². The first-order valence-electron chi connectivity index (χ1n) is 7.52. The lowest BCUT2D eigenvalue weighted by atomic mass is 9.91. The third kappa shape index (κ3) is 4.21. The van der Waals surface area contributed by atoms with Crippen LogP contribution in [-0.4, -0.2) is 6.54 Å². The zero-order valence-corrected chi connectivity index (χ0v) is 12.5. The van der Waals surface area contributed by atoms with E-state index in [0.29, 0.717) is 18.4 Å². The normalized spacial score (nSPS) is 12.6. The van der Waals surface area contributed by atoms with E-state index in [2.05, 4.69) is 68.4 Å². The van der Waals surface area contributed by atoms with Crippen LogP contribution in [0.2, 0.25) is 0 Å². The van der Waals surface area contributed by atoms with Crippen LogP contribution in [0.15, 0.2) is 54.6 Å². The van der Waals surface area contributed by atoms with Crippen molar-refractivity contribution in [3.8, 4) is 0 Å². The predicted octanol–water partition coefficient (Wildman–Crippen LogP) is 4.17. The maximum Gasteiger partial charge on any atom is 0.000157 e. The summed E-state index contributed by atoms with van der Waals surface area (Å²) >= 11 is 0. The Hall–Kier alpha value is -1.60. The predicted molar refractivity (Wildman–Crippen MR) is 86.9 cm³/mol. The van der Waals surface area contributed by atoms with E-state index in [1.807, 2.05) is 0 Å². The minimum absolute atomic E-state index is 0.408. The minimum Gasteiger partial charge on any atom is -0.330 e. The lowest BCUT2D eigenvalue weighted by Gasteiger charge is -2.16. The summed E-state index contributed by atoms with van der Waals surface area (Å²) in [6.07, 6.45) is 2.17. The Morgan fingerprint density at radius 1 is 0.850 bits per heavy atom. The van der Waals surface area contributed by atoms with E-state index < -0.39 is 0 Å². The Balaban J connectivity index is 2.12. The van der Waals surface area contributed by atoms with E-state index in [1.165, 1.54) is 16.7 Å². The second-order valence-corrected chi connectivity index (χ2v) is 5.97. The molecule has 2 aromatic rings. The number of hydrogen-bond donors (Lipinski definition) is 1. The Labute approximate surface area is 122 Å². The molecule has 0 aromatic heterocycles. The van der Waals surface area contributed by atoms with Gasteiger partial charge in [0.05, 0.1) is 0 Å². The molecule has 0 heterocycles. The van der Waals surface area contributed by atoms with Gasteiger partial charge in [0, 0.05) is 5.92 Å². The fourth-order valence-corrected chi connectivity index (χ4v) is 2.70. The highest BCUT2D eigenvalue weighted by molar-refractivity contribution is 5.28. The number of hydrogen-bond acceptors (Lipinski definition) is 1. The Bertz CT molecular complexity index is 516. The van der Waals surface area contributed by atoms with Crippen LogP contribution in [0.4, 0.5) is 0 Å². The van der Waals surface area contributed by atoms with Gasteiger partial charge in [-0.05, 0) is 42.0 Å². The molecule has 1 heteroatoms. The summed E-state index contributed by atoms with van der Waals surface area (Å²) in [4.78, 5) is 0. The van der Waals surface area contributed by atoms with Crippen molar-refractivity contribution in [3.05, 3.63) is 71.3 Å². The minimum atomic E-state index is 0.408. The molecule has 0 radical (unpaired) electrons. The summed E-state index contributed by atoms with van der Waals surface area (Å²) in [6.45, 7) is 5.22. The average molecular weight is 267 g/mol. The topological polar surface area (TPSA) is 26.0 Å². The van der Waals surface area contributed by atoms with Crippen molar-refractivity contribution in [2.75, 3.05) is 6.54 Å². The van der Waals surface area contributed by atoms with Crippen molar-refractivity contribution >= 4 is 0 Å². The van der Waals surface area contributed by atoms with Crippen LogP contribution in [0.5, 0.6) is 0 Å². The maximum absolute atomic E-state index is 5.97. The quantitative estimate of drug-likeness (QED) is 0.835. The second kappa shape index (κ2) is 7.25. The van der Waals surface area contributed by atoms with E-state index in [9.17, 15) is 0 Å². The molecule has 1 nitrogen and oxygen atoms in total. The third-order valence-corrected chi connectivity index (χ3v) is 3.67. The molecule has 0 aliphatic heterocycles. The highest BCUT2D eigenvalue weighted by Gasteiger charge is 2.10. The van der Waals surface area contributed by atoms with Gasteiger partial charge >= 0.3 is 0 Å². The zero-order chi connectivity index (χ0) is 14.4. The SMILES string of the molecule is CC(C)Cc1cccc(CC(CN)c2ccccc2)c1. The Morgan fingerprint density at radius 3 is 2.10 bits per heavy atom. The van der Waals surface area contributed by atoms with Crippen molar-refractivity contribution in [2.24, 2.45) is 11.7 Å². The molecule has 2 N–H and O–H groups in total. The fraction of sp³-hybridized carbons (Fsp3) is 0.368. The van der Waals surface area contributed by atoms with Crippen molar-refractivity contribution < 1.29 is 0 Å². The largest absolute Gasteiger partial charge is 0.330 e. The van der Waals surface area contributed by atoms with Crippen LogP contribution in [0, 0.1) is 5.92 Å². The molecule has 0 amide bonds. The Kier molecular flexibility index (Phi) is 5.37. The van der Waals surface area contributed by atoms with E-state index in [1.54, 1.807) is 0 Å². The summed E-state index contributed by atoms with van der Waals surface area (Å²) in [7, 11) is 0. The van der Waals surface area contributed by atoms with Gasteiger partial charge < -0.3 is 5.73 Å². The van der Waals surface area contributed by atoms with Crippen LogP contribution in [-0.2, 0) is 12.8 Å². The first-order chi connectivity index (χ1) is 9.69. The van der Waals surface area contributed by atoms with Gasteiger partial charge in [-0.15, -0.1) is 0 Å². The van der Waals surface area contributed by atoms with Crippen LogP contribution >= 0.6 is 0 Å². The molecule has 0 saturated heterocycles. The van der Waals surface area contributed by atoms with Gasteiger partial charge in [-0.3, -0.25) is 0 Å². The molecular weight excluding hydrogens is 242 g/mol. The van der Waals surface area contributed by atoms with Gasteiger partial charge in [-0.2, -0.15) is 0 Å². The van der Waals surface area contributed by atoms with Crippen molar-refractivity contribution in [1.29, 1.82) is 0 Å². The van der Waals surface area contributed by atoms with Gasteiger partial charge in [0.2, 0.25) is 0 Å². The van der Waals surface area contributed by atoms with E-state index in [4.69, 9.17) is 5.73 Å². The molecule has 0 bridgehead atoms. The molecule has 0 aliphatic rings. The van der Waals surface area contributed by atoms with Crippen molar-refractivity contribution in [3.63, 3.8) is 0 Å². The third-order valence-electron chi connectivity index (χ3n) is 3.67. The number of rotatable bonds is 6. The van der Waals surface area contributed by atoms with Gasteiger partial charge in [0.25, 0.3) is 0 Å². The second-order valence-electron chi connectivity index (χ2n) is 5.97. The standard InChI is InChI=1S/C19H25N/c1-15(2)11-16-7-6-8-17(12-16)13-19(14-20)18-9-4-3-5-10-18/h3-10,12,15,19H,11,13-14,20H2,1-2H3. The molecule has 0 aliphatic carbocycles. The smallest absolute Gasteiger partial charge is 0.000157 e. The molecule has 1 atom stereocenters. The van der Waals surface area contributed by atoms with Crippen LogP contribution in [0.3, 0.4) is 0 Å². The van der Waals surface area contributed by atoms with Crippen LogP contribution in [0.1, 0.15) is 36.5 Å². The molecule has 2 aromatic carbocycles. The summed E-state index contributed by atoms with van der Waals surface area (Å²) in [5, 5.41) is 0. The average Bonchev–Trinajstić information content (AvgIpc) is 2.45. The van der Waals surface area contributed by atoms with Crippen molar-refractivity contribution in [2.45, 2.75) is 32.6 Å². The molecular formula is C19H25N. The monoisotopic (exact) mass is 267 g/mol. The lowest BCUT2D eigenvalue weighted by molar-refractivity contribution is 0.645. The highest BCUT2D eigenvalue weighted by atomic mass is 14.5. The first-order valence-corrected chi connectivity index (χ1v) is 7.52. The Morgan fingerprint density at radius 2 is 1.50 bits per heavy atom. The lowest BCUT2D eigenvalue weighted by Crippen LogP contribution is -2.15. The van der Waals surface area contributed by atoms with E-state index in [-0.39, 0.29) is 0 Å². The zero-order valence-electron chi connectivity index (χ0n) is 12.5. The van der Waals surface area contributed by atoms with Gasteiger partial charge in [-0.25, -0.2) is 0 Å². The summed E-state index contributed by atoms with van der Waals surface area (Å²) in [5.74, 6) is 1.11. The van der Waals surface area contributed by atoms with Gasteiger partial charge in [0.1, 0.15) is 0 Å². The number of nitrogens with two attached hydrogens (primary N) is 1. The molecule has 0 saturated carbocycles. The highest BCUT2D eigenvalue weighted by Crippen LogP contribution is 2.21. The first kappa shape index (κ1) is 14.8. The fourth-order valence-electron chi connectivity index (χ4n) is 2.70. The van der Waals surface area contributed by atoms with Gasteiger partial charge in [-0.1, -0.05) is 68.4 Å². The summed E-state index contributed by atoms with van der Waals surface area (Å²) < 4.78 is 0. The van der Waals surface area contributed by atoms with Crippen LogP contribution in [0.25, 0.3) is 0 Å². The van der Waals surface area contributed by atoms with E-state index >= 15 is 0 Å². The molecule has 106 valence electrons. The molecule has 1 unspecified atom stereocenters. The molecule has 20 heavy (non-hydrogen) atoms. The molecule has 0 spiro atoms. The van der Waals surface area contributed by atoms with E-state index in [0.717, 1.165) is 12.8 Å². The maximum atomic E-state index is 5.97. The molecule has 0 fully saturated rings. The summed E-state index contributed by atoms with van der Waals surface area (Å²) in [6, 6.07) is 19.5. The molecule has 2 rings (SSSR count). The summed E-state index contributed by atoms with van der Waals surface area (Å²) in [5.41, 5.74) is 10.1. The van der Waals surface area contributed by atoms with Gasteiger partial charge in [0.15, 0.2) is 0 Å². The van der Waals surface area contributed by atoms with Crippen molar-refractivity contribution in [1.82, 2.24) is 0 Å². The number of benzene rings is 2.